The molecule has 0 heterocycles. The van der Waals surface area contributed by atoms with E-state index in [1.165, 1.54) is 38.5 Å². The molecule has 0 aliphatic heterocycles. The third kappa shape index (κ3) is 8.49. The molecule has 0 atom stereocenters. The minimum atomic E-state index is 0.642. The molecule has 1 aromatic carbocycles. The van der Waals surface area contributed by atoms with Crippen LogP contribution in [0.3, 0.4) is 0 Å². The average molecular weight is 296 g/mol. The topological polar surface area (TPSA) is 18.5 Å². The van der Waals surface area contributed by atoms with Gasteiger partial charge in [-0.2, -0.15) is 12.6 Å². The van der Waals surface area contributed by atoms with E-state index in [2.05, 4.69) is 24.8 Å². The Labute approximate surface area is 129 Å². The number of benzene rings is 1. The van der Waals surface area contributed by atoms with E-state index in [1.54, 1.807) is 7.11 Å². The zero-order chi connectivity index (χ0) is 14.5. The Morgan fingerprint density at radius 2 is 1.65 bits per heavy atom. The van der Waals surface area contributed by atoms with Crippen LogP contribution in [-0.2, 0) is 11.3 Å². The molecule has 0 fully saturated rings. The lowest BCUT2D eigenvalue weighted by atomic mass is 10.1. The molecule has 0 radical (unpaired) electrons. The van der Waals surface area contributed by atoms with Crippen LogP contribution in [0.1, 0.15) is 50.5 Å². The Kier molecular flexibility index (Phi) is 10.5. The fourth-order valence-electron chi connectivity index (χ4n) is 2.18. The summed E-state index contributed by atoms with van der Waals surface area (Å²) in [4.78, 5) is 0. The Bertz CT molecular complexity index is 342. The Balaban J connectivity index is 2.02. The molecule has 0 N–H and O–H groups in total. The first-order chi connectivity index (χ1) is 9.86. The van der Waals surface area contributed by atoms with E-state index < -0.39 is 0 Å². The molecule has 0 amide bonds. The fraction of sp³-hybridized carbons (Fsp3) is 0.647. The van der Waals surface area contributed by atoms with Gasteiger partial charge < -0.3 is 9.47 Å². The number of ether oxygens (including phenoxy) is 2. The molecule has 114 valence electrons. The molecule has 0 unspecified atom stereocenters. The van der Waals surface area contributed by atoms with Crippen molar-refractivity contribution in [2.45, 2.75) is 51.6 Å². The van der Waals surface area contributed by atoms with Gasteiger partial charge in [0.1, 0.15) is 5.75 Å². The molecule has 3 heteroatoms. The van der Waals surface area contributed by atoms with Crippen molar-refractivity contribution < 1.29 is 9.47 Å². The molecular weight excluding hydrogens is 268 g/mol. The first-order valence-electron chi connectivity index (χ1n) is 7.68. The van der Waals surface area contributed by atoms with Crippen LogP contribution in [-0.4, -0.2) is 19.5 Å². The summed E-state index contributed by atoms with van der Waals surface area (Å²) in [6.07, 6.45) is 8.99. The summed E-state index contributed by atoms with van der Waals surface area (Å²) in [5.41, 5.74) is 1.16. The average Bonchev–Trinajstić information content (AvgIpc) is 2.46. The monoisotopic (exact) mass is 296 g/mol. The third-order valence-corrected chi connectivity index (χ3v) is 3.60. The zero-order valence-corrected chi connectivity index (χ0v) is 13.5. The molecule has 0 saturated heterocycles. The minimum Gasteiger partial charge on any atom is -0.494 e. The van der Waals surface area contributed by atoms with Crippen LogP contribution < -0.4 is 4.74 Å². The van der Waals surface area contributed by atoms with Gasteiger partial charge in [0.2, 0.25) is 0 Å². The van der Waals surface area contributed by atoms with Crippen LogP contribution in [0.2, 0.25) is 0 Å². The summed E-state index contributed by atoms with van der Waals surface area (Å²) in [5.74, 6) is 1.98. The van der Waals surface area contributed by atoms with Gasteiger partial charge >= 0.3 is 0 Å². The van der Waals surface area contributed by atoms with Gasteiger partial charge in [-0.05, 0) is 36.3 Å². The van der Waals surface area contributed by atoms with Crippen LogP contribution in [0.25, 0.3) is 0 Å². The minimum absolute atomic E-state index is 0.642. The van der Waals surface area contributed by atoms with Crippen LogP contribution in [0.5, 0.6) is 5.75 Å². The van der Waals surface area contributed by atoms with E-state index in [9.17, 15) is 0 Å². The van der Waals surface area contributed by atoms with E-state index in [1.807, 2.05) is 12.1 Å². The Morgan fingerprint density at radius 3 is 2.35 bits per heavy atom. The maximum Gasteiger partial charge on any atom is 0.119 e. The van der Waals surface area contributed by atoms with Gasteiger partial charge in [0.05, 0.1) is 13.2 Å². The van der Waals surface area contributed by atoms with Gasteiger partial charge in [-0.3, -0.25) is 0 Å². The van der Waals surface area contributed by atoms with E-state index >= 15 is 0 Å². The predicted octanol–water partition coefficient (Wildman–Crippen LogP) is 4.87. The molecule has 0 aliphatic rings. The molecule has 0 spiro atoms. The van der Waals surface area contributed by atoms with Gasteiger partial charge in [0.25, 0.3) is 0 Å². The van der Waals surface area contributed by atoms with Gasteiger partial charge in [-0.1, -0.05) is 44.2 Å². The lowest BCUT2D eigenvalue weighted by Gasteiger charge is -2.08. The van der Waals surface area contributed by atoms with Crippen molar-refractivity contribution in [3.8, 4) is 5.75 Å². The summed E-state index contributed by atoms with van der Waals surface area (Å²) in [6.45, 7) is 1.45. The SMILES string of the molecule is COCc1cccc(OCCCCCCCCCS)c1. The lowest BCUT2D eigenvalue weighted by molar-refractivity contribution is 0.184. The largest absolute Gasteiger partial charge is 0.494 e. The molecule has 1 aromatic rings. The highest BCUT2D eigenvalue weighted by Gasteiger charge is 1.97. The van der Waals surface area contributed by atoms with Crippen LogP contribution in [0.15, 0.2) is 24.3 Å². The Hall–Kier alpha value is -0.670. The van der Waals surface area contributed by atoms with Crippen molar-refractivity contribution in [2.24, 2.45) is 0 Å². The summed E-state index contributed by atoms with van der Waals surface area (Å²) in [6, 6.07) is 8.14. The molecule has 20 heavy (non-hydrogen) atoms. The molecule has 1 rings (SSSR count). The number of thiol groups is 1. The van der Waals surface area contributed by atoms with E-state index in [-0.39, 0.29) is 0 Å². The summed E-state index contributed by atoms with van der Waals surface area (Å²) in [7, 11) is 1.71. The second-order valence-corrected chi connectivity index (χ2v) is 5.57. The number of methoxy groups -OCH3 is 1. The van der Waals surface area contributed by atoms with Gasteiger partial charge in [0.15, 0.2) is 0 Å². The Morgan fingerprint density at radius 1 is 0.950 bits per heavy atom. The first-order valence-corrected chi connectivity index (χ1v) is 8.31. The second kappa shape index (κ2) is 12.1. The number of hydrogen-bond donors (Lipinski definition) is 1. The van der Waals surface area contributed by atoms with Crippen molar-refractivity contribution in [2.75, 3.05) is 19.5 Å². The van der Waals surface area contributed by atoms with Gasteiger partial charge in [0, 0.05) is 7.11 Å². The van der Waals surface area contributed by atoms with Crippen molar-refractivity contribution in [1.29, 1.82) is 0 Å². The van der Waals surface area contributed by atoms with Crippen molar-refractivity contribution in [3.05, 3.63) is 29.8 Å². The quantitative estimate of drug-likeness (QED) is 0.438. The maximum absolute atomic E-state index is 5.77. The fourth-order valence-corrected chi connectivity index (χ4v) is 2.40. The van der Waals surface area contributed by atoms with Crippen molar-refractivity contribution >= 4 is 12.6 Å². The highest BCUT2D eigenvalue weighted by Crippen LogP contribution is 2.15. The van der Waals surface area contributed by atoms with Crippen molar-refractivity contribution in [3.63, 3.8) is 0 Å². The van der Waals surface area contributed by atoms with Crippen LogP contribution >= 0.6 is 12.6 Å². The highest BCUT2D eigenvalue weighted by atomic mass is 32.1. The summed E-state index contributed by atoms with van der Waals surface area (Å²) < 4.78 is 10.9. The van der Waals surface area contributed by atoms with Gasteiger partial charge in [-0.15, -0.1) is 0 Å². The summed E-state index contributed by atoms with van der Waals surface area (Å²) >= 11 is 4.22. The zero-order valence-electron chi connectivity index (χ0n) is 12.6. The third-order valence-electron chi connectivity index (χ3n) is 3.28. The molecule has 0 saturated carbocycles. The second-order valence-electron chi connectivity index (χ2n) is 5.13. The molecule has 0 aromatic heterocycles. The smallest absolute Gasteiger partial charge is 0.119 e. The first kappa shape index (κ1) is 17.4. The number of rotatable bonds is 12. The molecule has 0 bridgehead atoms. The van der Waals surface area contributed by atoms with E-state index in [0.29, 0.717) is 6.61 Å². The normalized spacial score (nSPS) is 10.7. The predicted molar refractivity (Wildman–Crippen MR) is 88.8 cm³/mol. The lowest BCUT2D eigenvalue weighted by Crippen LogP contribution is -1.98. The molecule has 0 aliphatic carbocycles. The number of unbranched alkanes of at least 4 members (excludes halogenated alkanes) is 6. The van der Waals surface area contributed by atoms with E-state index in [0.717, 1.165) is 30.1 Å². The van der Waals surface area contributed by atoms with Crippen LogP contribution in [0, 0.1) is 0 Å². The molecular formula is C17H28O2S. The van der Waals surface area contributed by atoms with Gasteiger partial charge in [-0.25, -0.2) is 0 Å². The summed E-state index contributed by atoms with van der Waals surface area (Å²) in [5, 5.41) is 0. The maximum atomic E-state index is 5.77. The highest BCUT2D eigenvalue weighted by molar-refractivity contribution is 7.80. The molecule has 2 nitrogen and oxygen atoms in total. The van der Waals surface area contributed by atoms with Crippen molar-refractivity contribution in [1.82, 2.24) is 0 Å². The number of hydrogen-bond acceptors (Lipinski definition) is 3. The standard InChI is InChI=1S/C17H28O2S/c1-18-15-16-10-9-11-17(14-16)19-12-7-5-3-2-4-6-8-13-20/h9-11,14,20H,2-8,12-13,15H2,1H3. The van der Waals surface area contributed by atoms with E-state index in [4.69, 9.17) is 9.47 Å². The van der Waals surface area contributed by atoms with Crippen LogP contribution in [0.4, 0.5) is 0 Å².